The minimum atomic E-state index is -2.20. The van der Waals surface area contributed by atoms with E-state index in [-0.39, 0.29) is 22.6 Å². The van der Waals surface area contributed by atoms with Crippen LogP contribution in [0.15, 0.2) is 29.4 Å². The number of hydrogen-bond donors (Lipinski definition) is 0. The second-order valence-electron chi connectivity index (χ2n) is 6.22. The average Bonchev–Trinajstić information content (AvgIpc) is 3.45. The Hall–Kier alpha value is -2.49. The molecule has 0 spiro atoms. The Balaban J connectivity index is 1.69. The summed E-state index contributed by atoms with van der Waals surface area (Å²) in [5.74, 6) is -10.8. The van der Waals surface area contributed by atoms with E-state index < -0.39 is 46.2 Å². The van der Waals surface area contributed by atoms with Crippen LogP contribution in [0.1, 0.15) is 24.4 Å². The number of hydrogen-bond acceptors (Lipinski definition) is 3. The largest absolute Gasteiger partial charge is 0.299 e. The third kappa shape index (κ3) is 3.15. The van der Waals surface area contributed by atoms with Gasteiger partial charge >= 0.3 is 0 Å². The summed E-state index contributed by atoms with van der Waals surface area (Å²) in [5.41, 5.74) is -0.732. The van der Waals surface area contributed by atoms with E-state index in [1.807, 2.05) is 0 Å². The van der Waals surface area contributed by atoms with Crippen LogP contribution >= 0.6 is 11.8 Å². The molecule has 0 atom stereocenters. The standard InChI is InChI=1S/C18H11F6N3S/c19-11-4-2-1-3-9(11)17-25-26-18(27(17)8-5-6-8)28-7-10-12(20)14(22)16(24)15(23)13(10)21/h1-4,8H,5-7H2. The summed E-state index contributed by atoms with van der Waals surface area (Å²) in [6.45, 7) is 0. The van der Waals surface area contributed by atoms with E-state index >= 15 is 0 Å². The molecule has 3 nitrogen and oxygen atoms in total. The summed E-state index contributed by atoms with van der Waals surface area (Å²) < 4.78 is 83.4. The summed E-state index contributed by atoms with van der Waals surface area (Å²) in [6, 6.07) is 5.93. The molecule has 0 N–H and O–H groups in total. The quantitative estimate of drug-likeness (QED) is 0.242. The zero-order valence-electron chi connectivity index (χ0n) is 14.0. The smallest absolute Gasteiger partial charge is 0.200 e. The van der Waals surface area contributed by atoms with Crippen LogP contribution in [0.3, 0.4) is 0 Å². The SMILES string of the molecule is Fc1ccccc1-c1nnc(SCc2c(F)c(F)c(F)c(F)c2F)n1C1CC1. The molecular formula is C18H11F6N3S. The Morgan fingerprint density at radius 3 is 2.07 bits per heavy atom. The molecule has 0 amide bonds. The van der Waals surface area contributed by atoms with Gasteiger partial charge in [-0.2, -0.15) is 0 Å². The first kappa shape index (κ1) is 18.9. The zero-order valence-corrected chi connectivity index (χ0v) is 14.8. The van der Waals surface area contributed by atoms with Crippen molar-refractivity contribution < 1.29 is 26.3 Å². The van der Waals surface area contributed by atoms with Gasteiger partial charge in [0.25, 0.3) is 0 Å². The molecule has 28 heavy (non-hydrogen) atoms. The lowest BCUT2D eigenvalue weighted by Gasteiger charge is -2.10. The molecule has 0 radical (unpaired) electrons. The molecule has 1 aliphatic carbocycles. The molecule has 0 bridgehead atoms. The normalized spacial score (nSPS) is 13.9. The van der Waals surface area contributed by atoms with E-state index in [1.54, 1.807) is 10.6 Å². The second kappa shape index (κ2) is 7.16. The monoisotopic (exact) mass is 415 g/mol. The van der Waals surface area contributed by atoms with Crippen LogP contribution in [0.2, 0.25) is 0 Å². The number of halogens is 6. The third-order valence-corrected chi connectivity index (χ3v) is 5.31. The van der Waals surface area contributed by atoms with Crippen molar-refractivity contribution in [2.45, 2.75) is 29.8 Å². The average molecular weight is 415 g/mol. The number of benzene rings is 2. The maximum absolute atomic E-state index is 14.1. The Bertz CT molecular complexity index is 1030. The van der Waals surface area contributed by atoms with Crippen molar-refractivity contribution in [3.8, 4) is 11.4 Å². The summed E-state index contributed by atoms with van der Waals surface area (Å²) in [5, 5.41) is 8.12. The Kier molecular flexibility index (Phi) is 4.82. The summed E-state index contributed by atoms with van der Waals surface area (Å²) in [7, 11) is 0. The molecule has 1 saturated carbocycles. The van der Waals surface area contributed by atoms with E-state index in [9.17, 15) is 26.3 Å². The molecule has 1 fully saturated rings. The third-order valence-electron chi connectivity index (χ3n) is 4.34. The predicted molar refractivity (Wildman–Crippen MR) is 89.5 cm³/mol. The Morgan fingerprint density at radius 2 is 1.46 bits per heavy atom. The van der Waals surface area contributed by atoms with Gasteiger partial charge in [-0.05, 0) is 25.0 Å². The summed E-state index contributed by atoms with van der Waals surface area (Å²) in [6.07, 6.45) is 1.57. The van der Waals surface area contributed by atoms with Crippen molar-refractivity contribution >= 4 is 11.8 Å². The first-order valence-corrected chi connectivity index (χ1v) is 9.21. The highest BCUT2D eigenvalue weighted by Crippen LogP contribution is 2.42. The van der Waals surface area contributed by atoms with Crippen molar-refractivity contribution in [2.75, 3.05) is 0 Å². The molecule has 1 aliphatic rings. The Morgan fingerprint density at radius 1 is 0.857 bits per heavy atom. The lowest BCUT2D eigenvalue weighted by atomic mass is 10.2. The van der Waals surface area contributed by atoms with Crippen LogP contribution in [0.25, 0.3) is 11.4 Å². The van der Waals surface area contributed by atoms with Crippen LogP contribution in [0, 0.1) is 34.9 Å². The lowest BCUT2D eigenvalue weighted by molar-refractivity contribution is 0.372. The molecule has 0 saturated heterocycles. The minimum Gasteiger partial charge on any atom is -0.299 e. The predicted octanol–water partition coefficient (Wildman–Crippen LogP) is 5.41. The first-order chi connectivity index (χ1) is 13.4. The highest BCUT2D eigenvalue weighted by atomic mass is 32.2. The molecule has 4 rings (SSSR count). The molecule has 0 aliphatic heterocycles. The van der Waals surface area contributed by atoms with Crippen LogP contribution in [0.5, 0.6) is 0 Å². The number of thioether (sulfide) groups is 1. The molecule has 1 heterocycles. The van der Waals surface area contributed by atoms with E-state index in [0.717, 1.165) is 24.6 Å². The molecule has 3 aromatic rings. The fourth-order valence-electron chi connectivity index (χ4n) is 2.78. The molecule has 2 aromatic carbocycles. The van der Waals surface area contributed by atoms with E-state index in [1.165, 1.54) is 18.2 Å². The van der Waals surface area contributed by atoms with E-state index in [0.29, 0.717) is 0 Å². The topological polar surface area (TPSA) is 30.7 Å². The molecular weight excluding hydrogens is 404 g/mol. The van der Waals surface area contributed by atoms with Gasteiger partial charge in [-0.3, -0.25) is 4.57 Å². The lowest BCUT2D eigenvalue weighted by Crippen LogP contribution is -2.07. The first-order valence-electron chi connectivity index (χ1n) is 8.23. The second-order valence-corrected chi connectivity index (χ2v) is 7.17. The number of nitrogens with zero attached hydrogens (tertiary/aromatic N) is 3. The van der Waals surface area contributed by atoms with Crippen LogP contribution in [0.4, 0.5) is 26.3 Å². The molecule has 146 valence electrons. The van der Waals surface area contributed by atoms with Gasteiger partial charge in [-0.1, -0.05) is 23.9 Å². The van der Waals surface area contributed by atoms with Gasteiger partial charge in [0.05, 0.1) is 5.56 Å². The minimum absolute atomic E-state index is 0.0107. The van der Waals surface area contributed by atoms with Gasteiger partial charge in [0.15, 0.2) is 34.2 Å². The maximum Gasteiger partial charge on any atom is 0.200 e. The van der Waals surface area contributed by atoms with Crippen molar-refractivity contribution in [3.63, 3.8) is 0 Å². The van der Waals surface area contributed by atoms with Gasteiger partial charge in [0.2, 0.25) is 5.82 Å². The highest BCUT2D eigenvalue weighted by Gasteiger charge is 2.32. The van der Waals surface area contributed by atoms with Crippen molar-refractivity contribution in [2.24, 2.45) is 0 Å². The van der Waals surface area contributed by atoms with E-state index in [2.05, 4.69) is 10.2 Å². The summed E-state index contributed by atoms with van der Waals surface area (Å²) in [4.78, 5) is 0. The van der Waals surface area contributed by atoms with E-state index in [4.69, 9.17) is 0 Å². The van der Waals surface area contributed by atoms with Gasteiger partial charge in [-0.15, -0.1) is 10.2 Å². The van der Waals surface area contributed by atoms with Gasteiger partial charge in [0.1, 0.15) is 5.82 Å². The fourth-order valence-corrected chi connectivity index (χ4v) is 3.78. The van der Waals surface area contributed by atoms with Crippen LogP contribution < -0.4 is 0 Å². The zero-order chi connectivity index (χ0) is 20.0. The molecule has 10 heteroatoms. The number of aromatic nitrogens is 3. The number of rotatable bonds is 5. The maximum atomic E-state index is 14.1. The van der Waals surface area contributed by atoms with Crippen LogP contribution in [-0.2, 0) is 5.75 Å². The molecule has 0 unspecified atom stereocenters. The van der Waals surface area contributed by atoms with Crippen LogP contribution in [-0.4, -0.2) is 14.8 Å². The van der Waals surface area contributed by atoms with Crippen molar-refractivity contribution in [1.82, 2.24) is 14.8 Å². The Labute approximate surface area is 159 Å². The van der Waals surface area contributed by atoms with Crippen molar-refractivity contribution in [1.29, 1.82) is 0 Å². The van der Waals surface area contributed by atoms with Gasteiger partial charge in [0, 0.05) is 17.4 Å². The van der Waals surface area contributed by atoms with Gasteiger partial charge in [-0.25, -0.2) is 26.3 Å². The van der Waals surface area contributed by atoms with Gasteiger partial charge < -0.3 is 0 Å². The molecule has 1 aromatic heterocycles. The summed E-state index contributed by atoms with van der Waals surface area (Å²) >= 11 is 0.773. The highest BCUT2D eigenvalue weighted by molar-refractivity contribution is 7.98. The van der Waals surface area contributed by atoms with Crippen molar-refractivity contribution in [3.05, 3.63) is 64.7 Å². The fraction of sp³-hybridized carbons (Fsp3) is 0.222.